The minimum atomic E-state index is -5.98. The molecule has 0 saturated carbocycles. The SMILES string of the molecule is CCC(Oc1ccc(C(C)(C)CC)cc1C(C)(C)CC)C(=O)Nc1ccc(NC(=O)C(F)(F)C(F)C(F)(F)F)c(O)c1. The van der Waals surface area contributed by atoms with Gasteiger partial charge in [-0.3, -0.25) is 9.59 Å². The molecule has 2 aromatic rings. The summed E-state index contributed by atoms with van der Waals surface area (Å²) in [6.07, 6.45) is -9.70. The summed E-state index contributed by atoms with van der Waals surface area (Å²) in [6, 6.07) is 8.78. The number of benzene rings is 2. The zero-order chi connectivity index (χ0) is 32.3. The van der Waals surface area contributed by atoms with Crippen LogP contribution in [0.25, 0.3) is 0 Å². The third-order valence-corrected chi connectivity index (χ3v) is 7.61. The molecule has 2 atom stereocenters. The maximum absolute atomic E-state index is 13.6. The third kappa shape index (κ3) is 7.89. The van der Waals surface area contributed by atoms with E-state index in [4.69, 9.17) is 4.74 Å². The van der Waals surface area contributed by atoms with Crippen molar-refractivity contribution in [1.82, 2.24) is 0 Å². The average molecular weight is 605 g/mol. The number of hydrogen-bond acceptors (Lipinski definition) is 4. The van der Waals surface area contributed by atoms with Crippen LogP contribution in [0, 0.1) is 0 Å². The molecule has 2 rings (SSSR count). The Hall–Kier alpha value is -3.44. The fraction of sp³-hybridized carbons (Fsp3) is 0.533. The van der Waals surface area contributed by atoms with E-state index in [0.717, 1.165) is 42.2 Å². The zero-order valence-corrected chi connectivity index (χ0v) is 24.7. The van der Waals surface area contributed by atoms with Gasteiger partial charge in [0.2, 0.25) is 0 Å². The summed E-state index contributed by atoms with van der Waals surface area (Å²) in [5, 5.41) is 14.1. The maximum atomic E-state index is 13.6. The van der Waals surface area contributed by atoms with Gasteiger partial charge in [-0.05, 0) is 53.9 Å². The number of halogens is 6. The van der Waals surface area contributed by atoms with Crippen LogP contribution in [0.4, 0.5) is 37.7 Å². The van der Waals surface area contributed by atoms with E-state index < -0.39 is 47.6 Å². The standard InChI is InChI=1S/C30H38F6N2O4/c1-8-22(42-23-14-11-17(27(4,5)9-2)15-19(23)28(6,7)10-3)24(40)37-18-12-13-20(21(39)16-18)38-26(41)29(32,33)25(31)30(34,35)36/h11-16,22,25,39H,8-10H2,1-7H3,(H,37,40)(H,38,41). The van der Waals surface area contributed by atoms with Crippen LogP contribution in [-0.2, 0) is 20.4 Å². The fourth-order valence-electron chi connectivity index (χ4n) is 3.92. The van der Waals surface area contributed by atoms with Gasteiger partial charge in [-0.25, -0.2) is 4.39 Å². The number of aromatic hydroxyl groups is 1. The van der Waals surface area contributed by atoms with E-state index in [2.05, 4.69) is 52.9 Å². The molecule has 2 aromatic carbocycles. The quantitative estimate of drug-likeness (QED) is 0.169. The van der Waals surface area contributed by atoms with Gasteiger partial charge in [-0.2, -0.15) is 22.0 Å². The minimum Gasteiger partial charge on any atom is -0.506 e. The third-order valence-electron chi connectivity index (χ3n) is 7.61. The lowest BCUT2D eigenvalue weighted by Gasteiger charge is -2.31. The molecule has 2 amide bonds. The monoisotopic (exact) mass is 604 g/mol. The summed E-state index contributed by atoms with van der Waals surface area (Å²) < 4.78 is 83.7. The molecule has 0 saturated heterocycles. The number of carbonyl (C=O) groups is 2. The molecule has 0 radical (unpaired) electrons. The number of alkyl halides is 6. The van der Waals surface area contributed by atoms with Crippen LogP contribution in [0.5, 0.6) is 11.5 Å². The topological polar surface area (TPSA) is 87.7 Å². The fourth-order valence-corrected chi connectivity index (χ4v) is 3.92. The molecule has 0 aliphatic heterocycles. The Kier molecular flexibility index (Phi) is 10.6. The van der Waals surface area contributed by atoms with Gasteiger partial charge in [0.25, 0.3) is 18.0 Å². The number of nitrogens with one attached hydrogen (secondary N) is 2. The first-order valence-corrected chi connectivity index (χ1v) is 13.6. The number of carbonyl (C=O) groups excluding carboxylic acids is 2. The van der Waals surface area contributed by atoms with E-state index in [1.54, 1.807) is 6.92 Å². The largest absolute Gasteiger partial charge is 0.506 e. The summed E-state index contributed by atoms with van der Waals surface area (Å²) in [5.41, 5.74) is 0.996. The van der Waals surface area contributed by atoms with E-state index in [0.29, 0.717) is 5.75 Å². The summed E-state index contributed by atoms with van der Waals surface area (Å²) in [6.45, 7) is 14.3. The van der Waals surface area contributed by atoms with E-state index in [1.165, 1.54) is 5.32 Å². The van der Waals surface area contributed by atoms with E-state index >= 15 is 0 Å². The molecule has 0 heterocycles. The Morgan fingerprint density at radius 3 is 1.98 bits per heavy atom. The highest BCUT2D eigenvalue weighted by atomic mass is 19.4. The van der Waals surface area contributed by atoms with Crippen molar-refractivity contribution >= 4 is 23.2 Å². The highest BCUT2D eigenvalue weighted by molar-refractivity contribution is 5.99. The van der Waals surface area contributed by atoms with Crippen molar-refractivity contribution in [3.8, 4) is 11.5 Å². The van der Waals surface area contributed by atoms with E-state index in [1.807, 2.05) is 12.1 Å². The van der Waals surface area contributed by atoms with Crippen LogP contribution >= 0.6 is 0 Å². The van der Waals surface area contributed by atoms with Crippen LogP contribution in [0.2, 0.25) is 0 Å². The van der Waals surface area contributed by atoms with Crippen molar-refractivity contribution in [1.29, 1.82) is 0 Å². The first-order valence-electron chi connectivity index (χ1n) is 13.6. The van der Waals surface area contributed by atoms with Gasteiger partial charge in [-0.1, -0.05) is 60.6 Å². The molecule has 12 heteroatoms. The van der Waals surface area contributed by atoms with Gasteiger partial charge >= 0.3 is 12.1 Å². The number of phenols is 1. The smallest absolute Gasteiger partial charge is 0.426 e. The molecule has 0 spiro atoms. The summed E-state index contributed by atoms with van der Waals surface area (Å²) in [4.78, 5) is 24.7. The number of hydrogen-bond donors (Lipinski definition) is 3. The van der Waals surface area contributed by atoms with Crippen molar-refractivity contribution in [3.63, 3.8) is 0 Å². The molecular formula is C30H38F6N2O4. The second-order valence-electron chi connectivity index (χ2n) is 11.4. The predicted octanol–water partition coefficient (Wildman–Crippen LogP) is 8.04. The predicted molar refractivity (Wildman–Crippen MR) is 149 cm³/mol. The maximum Gasteiger partial charge on any atom is 0.426 e. The van der Waals surface area contributed by atoms with Crippen LogP contribution in [0.15, 0.2) is 36.4 Å². The minimum absolute atomic E-state index is 0.0166. The first-order chi connectivity index (χ1) is 19.2. The lowest BCUT2D eigenvalue weighted by molar-refractivity contribution is -0.238. The molecule has 0 aliphatic rings. The highest BCUT2D eigenvalue weighted by Gasteiger charge is 2.61. The number of anilines is 2. The van der Waals surface area contributed by atoms with Gasteiger partial charge in [0, 0.05) is 17.3 Å². The van der Waals surface area contributed by atoms with Gasteiger partial charge < -0.3 is 20.5 Å². The Morgan fingerprint density at radius 1 is 0.881 bits per heavy atom. The Labute approximate surface area is 241 Å². The number of amides is 2. The average Bonchev–Trinajstić information content (AvgIpc) is 2.91. The molecule has 0 aliphatic carbocycles. The van der Waals surface area contributed by atoms with Crippen molar-refractivity contribution in [2.45, 2.75) is 103 Å². The van der Waals surface area contributed by atoms with Crippen molar-refractivity contribution in [2.24, 2.45) is 0 Å². The Balaban J connectivity index is 2.25. The molecule has 0 fully saturated rings. The lowest BCUT2D eigenvalue weighted by Crippen LogP contribution is -2.49. The number of phenolic OH excluding ortho intramolecular Hbond substituents is 1. The van der Waals surface area contributed by atoms with Gasteiger partial charge in [-0.15, -0.1) is 0 Å². The molecule has 6 nitrogen and oxygen atoms in total. The number of rotatable bonds is 12. The van der Waals surface area contributed by atoms with E-state index in [9.17, 15) is 41.0 Å². The molecular weight excluding hydrogens is 566 g/mol. The van der Waals surface area contributed by atoms with Crippen LogP contribution < -0.4 is 15.4 Å². The highest BCUT2D eigenvalue weighted by Crippen LogP contribution is 2.40. The summed E-state index contributed by atoms with van der Waals surface area (Å²) >= 11 is 0. The summed E-state index contributed by atoms with van der Waals surface area (Å²) in [7, 11) is 0. The van der Waals surface area contributed by atoms with Crippen molar-refractivity contribution in [2.75, 3.05) is 10.6 Å². The Morgan fingerprint density at radius 2 is 1.48 bits per heavy atom. The molecule has 0 aromatic heterocycles. The van der Waals surface area contributed by atoms with Gasteiger partial charge in [0.05, 0.1) is 5.69 Å². The normalized spacial score (nSPS) is 14.2. The second kappa shape index (κ2) is 12.8. The van der Waals surface area contributed by atoms with Gasteiger partial charge in [0.15, 0.2) is 6.10 Å². The van der Waals surface area contributed by atoms with E-state index in [-0.39, 0.29) is 22.9 Å². The summed E-state index contributed by atoms with van der Waals surface area (Å²) in [5.74, 6) is -8.96. The van der Waals surface area contributed by atoms with Crippen molar-refractivity contribution in [3.05, 3.63) is 47.5 Å². The molecule has 0 bridgehead atoms. The second-order valence-corrected chi connectivity index (χ2v) is 11.4. The van der Waals surface area contributed by atoms with Crippen LogP contribution in [0.3, 0.4) is 0 Å². The number of ether oxygens (including phenoxy) is 1. The molecule has 234 valence electrons. The Bertz CT molecular complexity index is 1280. The molecule has 3 N–H and O–H groups in total. The zero-order valence-electron chi connectivity index (χ0n) is 24.7. The first kappa shape index (κ1) is 34.8. The van der Waals surface area contributed by atoms with Crippen LogP contribution in [-0.4, -0.2) is 41.3 Å². The molecule has 2 unspecified atom stereocenters. The van der Waals surface area contributed by atoms with Gasteiger partial charge in [0.1, 0.15) is 11.5 Å². The van der Waals surface area contributed by atoms with Crippen molar-refractivity contribution < 1.29 is 45.8 Å². The van der Waals surface area contributed by atoms with Crippen LogP contribution in [0.1, 0.15) is 78.9 Å². The molecule has 42 heavy (non-hydrogen) atoms. The lowest BCUT2D eigenvalue weighted by atomic mass is 9.76.